The molecule has 0 heterocycles. The lowest BCUT2D eigenvalue weighted by molar-refractivity contribution is -0.143. The van der Waals surface area contributed by atoms with E-state index in [0.717, 1.165) is 51.4 Å². The third kappa shape index (κ3) is 51.2. The van der Waals surface area contributed by atoms with Crippen LogP contribution in [0.1, 0.15) is 296 Å². The molecule has 0 fully saturated rings. The summed E-state index contributed by atoms with van der Waals surface area (Å²) in [5.41, 5.74) is 0. The lowest BCUT2D eigenvalue weighted by Gasteiger charge is -2.20. The highest BCUT2D eigenvalue weighted by molar-refractivity contribution is 5.76. The zero-order chi connectivity index (χ0) is 47.9. The molecule has 1 amide bonds. The Balaban J connectivity index is 3.39. The fourth-order valence-corrected chi connectivity index (χ4v) is 8.59. The van der Waals surface area contributed by atoms with E-state index in [4.69, 9.17) is 4.74 Å². The van der Waals surface area contributed by atoms with Crippen molar-refractivity contribution in [1.29, 1.82) is 0 Å². The van der Waals surface area contributed by atoms with Crippen molar-refractivity contribution in [3.05, 3.63) is 48.6 Å². The Bertz CT molecular complexity index is 1110. The lowest BCUT2D eigenvalue weighted by Crippen LogP contribution is -2.45. The molecule has 0 radical (unpaired) electrons. The molecule has 6 heteroatoms. The van der Waals surface area contributed by atoms with Crippen LogP contribution in [-0.4, -0.2) is 47.4 Å². The van der Waals surface area contributed by atoms with E-state index in [-0.39, 0.29) is 18.5 Å². The van der Waals surface area contributed by atoms with Gasteiger partial charge in [0.1, 0.15) is 0 Å². The maximum atomic E-state index is 12.4. The van der Waals surface area contributed by atoms with Crippen molar-refractivity contribution < 1.29 is 24.5 Å². The number of allylic oxidation sites excluding steroid dienone is 7. The van der Waals surface area contributed by atoms with Gasteiger partial charge in [-0.05, 0) is 83.5 Å². The molecule has 0 rings (SSSR count). The Morgan fingerprint density at radius 3 is 1.21 bits per heavy atom. The molecule has 2 atom stereocenters. The molecule has 3 N–H and O–H groups in total. The summed E-state index contributed by atoms with van der Waals surface area (Å²) in [6.07, 6.45) is 70.1. The van der Waals surface area contributed by atoms with Gasteiger partial charge in [-0.2, -0.15) is 0 Å². The van der Waals surface area contributed by atoms with E-state index in [0.29, 0.717) is 19.4 Å². The number of esters is 1. The molecule has 2 unspecified atom stereocenters. The van der Waals surface area contributed by atoms with Gasteiger partial charge in [-0.25, -0.2) is 0 Å². The first-order chi connectivity index (χ1) is 32.5. The van der Waals surface area contributed by atoms with Gasteiger partial charge in [-0.1, -0.05) is 249 Å². The average molecular weight is 927 g/mol. The summed E-state index contributed by atoms with van der Waals surface area (Å²) in [6, 6.07) is -0.627. The van der Waals surface area contributed by atoms with Crippen molar-refractivity contribution in [1.82, 2.24) is 5.32 Å². The summed E-state index contributed by atoms with van der Waals surface area (Å²) >= 11 is 0. The van der Waals surface area contributed by atoms with Gasteiger partial charge in [0.25, 0.3) is 0 Å². The zero-order valence-electron chi connectivity index (χ0n) is 43.9. The molecule has 0 saturated carbocycles. The average Bonchev–Trinajstić information content (AvgIpc) is 3.32. The van der Waals surface area contributed by atoms with E-state index in [9.17, 15) is 19.8 Å². The highest BCUT2D eigenvalue weighted by Crippen LogP contribution is 2.16. The zero-order valence-corrected chi connectivity index (χ0v) is 43.9. The lowest BCUT2D eigenvalue weighted by atomic mass is 10.0. The normalized spacial score (nSPS) is 13.0. The summed E-state index contributed by atoms with van der Waals surface area (Å²) in [4.78, 5) is 24.4. The summed E-state index contributed by atoms with van der Waals surface area (Å²) in [6.45, 7) is 4.83. The number of aliphatic hydroxyl groups excluding tert-OH is 2. The number of hydrogen-bond acceptors (Lipinski definition) is 5. The number of amides is 1. The molecule has 0 spiro atoms. The van der Waals surface area contributed by atoms with E-state index in [1.807, 2.05) is 6.08 Å². The highest BCUT2D eigenvalue weighted by Gasteiger charge is 2.18. The van der Waals surface area contributed by atoms with Gasteiger partial charge in [0.05, 0.1) is 25.4 Å². The van der Waals surface area contributed by atoms with E-state index < -0.39 is 12.1 Å². The van der Waals surface area contributed by atoms with Crippen LogP contribution in [0.15, 0.2) is 48.6 Å². The number of ether oxygens (including phenoxy) is 1. The minimum absolute atomic E-state index is 0.00151. The first kappa shape index (κ1) is 63.8. The predicted molar refractivity (Wildman–Crippen MR) is 287 cm³/mol. The number of aliphatic hydroxyl groups is 2. The van der Waals surface area contributed by atoms with E-state index in [2.05, 4.69) is 55.6 Å². The van der Waals surface area contributed by atoms with Crippen LogP contribution in [0.4, 0.5) is 0 Å². The Kier molecular flexibility index (Phi) is 53.6. The first-order valence-electron chi connectivity index (χ1n) is 28.9. The molecule has 0 aromatic carbocycles. The van der Waals surface area contributed by atoms with Crippen LogP contribution >= 0.6 is 0 Å². The van der Waals surface area contributed by atoms with Crippen molar-refractivity contribution in [2.75, 3.05) is 13.2 Å². The Hall–Kier alpha value is -2.18. The number of hydrogen-bond donors (Lipinski definition) is 3. The van der Waals surface area contributed by atoms with Gasteiger partial charge < -0.3 is 20.3 Å². The fourth-order valence-electron chi connectivity index (χ4n) is 8.59. The molecule has 0 aliphatic heterocycles. The Labute approximate surface area is 410 Å². The van der Waals surface area contributed by atoms with Gasteiger partial charge in [0, 0.05) is 12.8 Å². The maximum Gasteiger partial charge on any atom is 0.305 e. The molecule has 0 bridgehead atoms. The monoisotopic (exact) mass is 926 g/mol. The standard InChI is InChI=1S/C60H111NO5/c1-3-5-7-9-11-13-14-15-31-34-38-42-46-50-54-60(65)66-55-51-47-43-39-35-32-29-27-25-23-21-19-17-16-18-20-22-24-26-28-30-33-37-41-45-49-53-59(64)61-57(56-62)58(63)52-48-44-40-36-12-10-8-6-4-2/h9,11,14-16,18,48,52,57-58,62-63H,3-8,10,12-13,17,19-47,49-51,53-56H2,1-2H3,(H,61,64)/b11-9-,15-14-,18-16-,52-48+. The third-order valence-electron chi connectivity index (χ3n) is 13.1. The second kappa shape index (κ2) is 55.4. The fraction of sp³-hybridized carbons (Fsp3) is 0.833. The van der Waals surface area contributed by atoms with Crippen molar-refractivity contribution in [3.63, 3.8) is 0 Å². The van der Waals surface area contributed by atoms with E-state index in [1.165, 1.54) is 218 Å². The van der Waals surface area contributed by atoms with E-state index in [1.54, 1.807) is 6.08 Å². The number of carbonyl (C=O) groups is 2. The highest BCUT2D eigenvalue weighted by atomic mass is 16.5. The van der Waals surface area contributed by atoms with Crippen molar-refractivity contribution in [3.8, 4) is 0 Å². The molecular formula is C60H111NO5. The summed E-state index contributed by atoms with van der Waals surface area (Å²) in [5.74, 6) is -0.0747. The van der Waals surface area contributed by atoms with Crippen LogP contribution < -0.4 is 5.32 Å². The van der Waals surface area contributed by atoms with Gasteiger partial charge >= 0.3 is 5.97 Å². The largest absolute Gasteiger partial charge is 0.466 e. The molecule has 0 aromatic heterocycles. The molecular weight excluding hydrogens is 815 g/mol. The van der Waals surface area contributed by atoms with Crippen molar-refractivity contribution in [2.45, 2.75) is 309 Å². The Morgan fingerprint density at radius 1 is 0.424 bits per heavy atom. The topological polar surface area (TPSA) is 95.9 Å². The summed E-state index contributed by atoms with van der Waals surface area (Å²) in [7, 11) is 0. The summed E-state index contributed by atoms with van der Waals surface area (Å²) < 4.78 is 5.47. The number of carbonyl (C=O) groups excluding carboxylic acids is 2. The second-order valence-corrected chi connectivity index (χ2v) is 19.6. The number of unbranched alkanes of at least 4 members (excludes halogenated alkanes) is 36. The smallest absolute Gasteiger partial charge is 0.305 e. The van der Waals surface area contributed by atoms with Gasteiger partial charge in [0.2, 0.25) is 5.91 Å². The minimum Gasteiger partial charge on any atom is -0.466 e. The predicted octanol–water partition coefficient (Wildman–Crippen LogP) is 17.8. The van der Waals surface area contributed by atoms with Crippen LogP contribution in [0.2, 0.25) is 0 Å². The van der Waals surface area contributed by atoms with Crippen LogP contribution in [-0.2, 0) is 14.3 Å². The quantitative estimate of drug-likeness (QED) is 0.0321. The van der Waals surface area contributed by atoms with Crippen molar-refractivity contribution in [2.24, 2.45) is 0 Å². The van der Waals surface area contributed by atoms with Gasteiger partial charge in [0.15, 0.2) is 0 Å². The third-order valence-corrected chi connectivity index (χ3v) is 13.1. The molecule has 0 aliphatic rings. The number of nitrogens with one attached hydrogen (secondary N) is 1. The first-order valence-corrected chi connectivity index (χ1v) is 28.9. The van der Waals surface area contributed by atoms with Crippen LogP contribution in [0, 0.1) is 0 Å². The van der Waals surface area contributed by atoms with Crippen LogP contribution in [0.3, 0.4) is 0 Å². The molecule has 66 heavy (non-hydrogen) atoms. The second-order valence-electron chi connectivity index (χ2n) is 19.6. The van der Waals surface area contributed by atoms with Gasteiger partial charge in [-0.15, -0.1) is 0 Å². The summed E-state index contributed by atoms with van der Waals surface area (Å²) in [5, 5.41) is 22.9. The van der Waals surface area contributed by atoms with Crippen molar-refractivity contribution >= 4 is 11.9 Å². The number of rotatable bonds is 53. The van der Waals surface area contributed by atoms with Crippen LogP contribution in [0.25, 0.3) is 0 Å². The van der Waals surface area contributed by atoms with E-state index >= 15 is 0 Å². The van der Waals surface area contributed by atoms with Gasteiger partial charge in [-0.3, -0.25) is 9.59 Å². The molecule has 6 nitrogen and oxygen atoms in total. The minimum atomic E-state index is -0.844. The molecule has 0 aromatic rings. The SMILES string of the molecule is CCCC/C=C\C/C=C\CCCCCCCC(=O)OCCCCCCCCCCCCCC/C=C\CCCCCCCCCCCCC(=O)NC(CO)C(O)/C=C/CCCCCCCCC. The van der Waals surface area contributed by atoms with Crippen LogP contribution in [0.5, 0.6) is 0 Å². The molecule has 386 valence electrons. The maximum absolute atomic E-state index is 12.4. The Morgan fingerprint density at radius 2 is 0.773 bits per heavy atom. The molecule has 0 saturated heterocycles. The molecule has 0 aliphatic carbocycles.